The molecule has 2 aromatic rings. The fourth-order valence-corrected chi connectivity index (χ4v) is 1.48. The minimum atomic E-state index is 0.617. The third-order valence-corrected chi connectivity index (χ3v) is 2.18. The third kappa shape index (κ3) is 1.44. The van der Waals surface area contributed by atoms with Crippen LogP contribution in [0.25, 0.3) is 11.0 Å². The molecule has 0 aromatic carbocycles. The van der Waals surface area contributed by atoms with Gasteiger partial charge in [0.2, 0.25) is 0 Å². The second-order valence-corrected chi connectivity index (χ2v) is 3.18. The van der Waals surface area contributed by atoms with Crippen molar-refractivity contribution in [3.05, 3.63) is 24.6 Å². The minimum Gasteiger partial charge on any atom is -0.464 e. The third-order valence-electron chi connectivity index (χ3n) is 2.18. The summed E-state index contributed by atoms with van der Waals surface area (Å²) >= 11 is 0. The van der Waals surface area contributed by atoms with Crippen LogP contribution in [-0.2, 0) is 0 Å². The van der Waals surface area contributed by atoms with E-state index in [9.17, 15) is 0 Å². The molecule has 14 heavy (non-hydrogen) atoms. The zero-order valence-corrected chi connectivity index (χ0v) is 8.10. The van der Waals surface area contributed by atoms with Gasteiger partial charge in [-0.1, -0.05) is 0 Å². The van der Waals surface area contributed by atoms with E-state index in [1.54, 1.807) is 12.5 Å². The molecule has 0 aliphatic carbocycles. The highest BCUT2D eigenvalue weighted by atomic mass is 16.3. The first-order valence-electron chi connectivity index (χ1n) is 4.56. The summed E-state index contributed by atoms with van der Waals surface area (Å²) in [4.78, 5) is 6.33. The van der Waals surface area contributed by atoms with Gasteiger partial charge in [0, 0.05) is 26.3 Å². The van der Waals surface area contributed by atoms with Gasteiger partial charge in [-0.05, 0) is 12.1 Å². The highest BCUT2D eigenvalue weighted by Crippen LogP contribution is 2.23. The monoisotopic (exact) mass is 191 g/mol. The molecule has 0 atom stereocenters. The number of rotatable bonds is 3. The molecule has 4 heteroatoms. The second-order valence-electron chi connectivity index (χ2n) is 3.18. The molecule has 0 radical (unpaired) electrons. The fraction of sp³-hybridized carbons (Fsp3) is 0.300. The number of hydrogen-bond donors (Lipinski definition) is 1. The molecule has 0 aliphatic rings. The predicted molar refractivity (Wildman–Crippen MR) is 56.3 cm³/mol. The molecule has 0 spiro atoms. The first kappa shape index (κ1) is 9.02. The number of anilines is 1. The number of nitrogens with two attached hydrogens (primary N) is 1. The summed E-state index contributed by atoms with van der Waals surface area (Å²) in [6.07, 6.45) is 3.42. The number of likely N-dealkylation sites (N-methyl/N-ethyl adjacent to an activating group) is 1. The number of fused-ring (bicyclic) bond motifs is 1. The van der Waals surface area contributed by atoms with Crippen molar-refractivity contribution in [2.75, 3.05) is 25.0 Å². The van der Waals surface area contributed by atoms with E-state index in [0.29, 0.717) is 6.54 Å². The highest BCUT2D eigenvalue weighted by molar-refractivity contribution is 5.88. The van der Waals surface area contributed by atoms with Crippen LogP contribution in [0.2, 0.25) is 0 Å². The molecule has 0 saturated carbocycles. The maximum absolute atomic E-state index is 5.49. The lowest BCUT2D eigenvalue weighted by Gasteiger charge is -2.17. The molecule has 0 unspecified atom stereocenters. The molecule has 0 aliphatic heterocycles. The molecule has 2 heterocycles. The molecular formula is C10H13N3O. The van der Waals surface area contributed by atoms with E-state index in [4.69, 9.17) is 10.2 Å². The van der Waals surface area contributed by atoms with Crippen molar-refractivity contribution in [3.8, 4) is 0 Å². The van der Waals surface area contributed by atoms with Crippen LogP contribution in [0.4, 0.5) is 5.82 Å². The van der Waals surface area contributed by atoms with Crippen molar-refractivity contribution in [1.82, 2.24) is 4.98 Å². The van der Waals surface area contributed by atoms with E-state index in [1.165, 1.54) is 0 Å². The van der Waals surface area contributed by atoms with Gasteiger partial charge in [0.25, 0.3) is 0 Å². The Labute approximate surface area is 82.3 Å². The van der Waals surface area contributed by atoms with Gasteiger partial charge in [-0.3, -0.25) is 0 Å². The van der Waals surface area contributed by atoms with Gasteiger partial charge in [-0.15, -0.1) is 0 Å². The Hall–Kier alpha value is -1.55. The largest absolute Gasteiger partial charge is 0.464 e. The number of pyridine rings is 1. The van der Waals surface area contributed by atoms with Crippen molar-refractivity contribution >= 4 is 16.8 Å². The Morgan fingerprint density at radius 3 is 3.14 bits per heavy atom. The Bertz CT molecular complexity index is 424. The van der Waals surface area contributed by atoms with Crippen molar-refractivity contribution in [3.63, 3.8) is 0 Å². The lowest BCUT2D eigenvalue weighted by Crippen LogP contribution is -2.25. The molecule has 2 N–H and O–H groups in total. The van der Waals surface area contributed by atoms with Crippen LogP contribution in [0.3, 0.4) is 0 Å². The van der Waals surface area contributed by atoms with Crippen LogP contribution >= 0.6 is 0 Å². The van der Waals surface area contributed by atoms with Crippen LogP contribution in [0, 0.1) is 0 Å². The van der Waals surface area contributed by atoms with Crippen LogP contribution in [0.5, 0.6) is 0 Å². The molecule has 4 nitrogen and oxygen atoms in total. The molecule has 0 saturated heterocycles. The van der Waals surface area contributed by atoms with E-state index in [0.717, 1.165) is 23.3 Å². The first-order valence-corrected chi connectivity index (χ1v) is 4.56. The van der Waals surface area contributed by atoms with E-state index in [-0.39, 0.29) is 0 Å². The van der Waals surface area contributed by atoms with Crippen molar-refractivity contribution in [2.24, 2.45) is 5.73 Å². The minimum absolute atomic E-state index is 0.617. The van der Waals surface area contributed by atoms with Gasteiger partial charge in [0.15, 0.2) is 0 Å². The summed E-state index contributed by atoms with van der Waals surface area (Å²) in [5.74, 6) is 0.918. The maximum Gasteiger partial charge on any atom is 0.139 e. The normalized spacial score (nSPS) is 10.7. The molecule has 74 valence electrons. The Morgan fingerprint density at radius 1 is 1.50 bits per heavy atom. The average molecular weight is 191 g/mol. The van der Waals surface area contributed by atoms with Gasteiger partial charge >= 0.3 is 0 Å². The summed E-state index contributed by atoms with van der Waals surface area (Å²) in [6.45, 7) is 1.41. The Kier molecular flexibility index (Phi) is 2.37. The van der Waals surface area contributed by atoms with Crippen molar-refractivity contribution < 1.29 is 4.42 Å². The molecule has 2 aromatic heterocycles. The molecular weight excluding hydrogens is 178 g/mol. The van der Waals surface area contributed by atoms with Gasteiger partial charge < -0.3 is 15.1 Å². The molecule has 0 fully saturated rings. The topological polar surface area (TPSA) is 55.3 Å². The van der Waals surface area contributed by atoms with E-state index in [2.05, 4.69) is 4.98 Å². The van der Waals surface area contributed by atoms with Crippen LogP contribution in [0.1, 0.15) is 0 Å². The van der Waals surface area contributed by atoms with Gasteiger partial charge in [0.1, 0.15) is 11.4 Å². The van der Waals surface area contributed by atoms with Crippen molar-refractivity contribution in [2.45, 2.75) is 0 Å². The number of aromatic nitrogens is 1. The zero-order chi connectivity index (χ0) is 9.97. The quantitative estimate of drug-likeness (QED) is 0.792. The number of furan rings is 1. The standard InChI is InChI=1S/C10H13N3O/c1-13(6-4-11)10-8-3-7-14-9(8)2-5-12-10/h2-3,5,7H,4,6,11H2,1H3. The lowest BCUT2D eigenvalue weighted by molar-refractivity contribution is 0.615. The van der Waals surface area contributed by atoms with Crippen LogP contribution in [0.15, 0.2) is 29.0 Å². The van der Waals surface area contributed by atoms with Crippen molar-refractivity contribution in [1.29, 1.82) is 0 Å². The fourth-order valence-electron chi connectivity index (χ4n) is 1.48. The summed E-state index contributed by atoms with van der Waals surface area (Å²) in [7, 11) is 1.97. The van der Waals surface area contributed by atoms with Crippen LogP contribution in [-0.4, -0.2) is 25.1 Å². The number of nitrogens with zero attached hydrogens (tertiary/aromatic N) is 2. The van der Waals surface area contributed by atoms with Gasteiger partial charge in [0.05, 0.1) is 11.6 Å². The smallest absolute Gasteiger partial charge is 0.139 e. The Morgan fingerprint density at radius 2 is 2.36 bits per heavy atom. The lowest BCUT2D eigenvalue weighted by atomic mass is 10.3. The zero-order valence-electron chi connectivity index (χ0n) is 8.10. The summed E-state index contributed by atoms with van der Waals surface area (Å²) < 4.78 is 5.29. The average Bonchev–Trinajstić information content (AvgIpc) is 2.65. The number of hydrogen-bond acceptors (Lipinski definition) is 4. The molecule has 2 rings (SSSR count). The second kappa shape index (κ2) is 3.67. The van der Waals surface area contributed by atoms with Crippen LogP contribution < -0.4 is 10.6 Å². The Balaban J connectivity index is 2.45. The van der Waals surface area contributed by atoms with Gasteiger partial charge in [-0.2, -0.15) is 0 Å². The highest BCUT2D eigenvalue weighted by Gasteiger charge is 2.07. The summed E-state index contributed by atoms with van der Waals surface area (Å²) in [5, 5.41) is 1.03. The summed E-state index contributed by atoms with van der Waals surface area (Å²) in [5.41, 5.74) is 6.35. The maximum atomic E-state index is 5.49. The van der Waals surface area contributed by atoms with E-state index in [1.807, 2.05) is 24.1 Å². The summed E-state index contributed by atoms with van der Waals surface area (Å²) in [6, 6.07) is 3.78. The SMILES string of the molecule is CN(CCN)c1nccc2occc12. The van der Waals surface area contributed by atoms with E-state index >= 15 is 0 Å². The van der Waals surface area contributed by atoms with Gasteiger partial charge in [-0.25, -0.2) is 4.98 Å². The van der Waals surface area contributed by atoms with E-state index < -0.39 is 0 Å². The first-order chi connectivity index (χ1) is 6.83. The molecule has 0 bridgehead atoms. The predicted octanol–water partition coefficient (Wildman–Crippen LogP) is 1.22. The molecule has 0 amide bonds.